The predicted octanol–water partition coefficient (Wildman–Crippen LogP) is 4.39. The molecular weight excluding hydrogens is 279 g/mol. The number of carbonyl (C=O) groups is 1. The Labute approximate surface area is 122 Å². The Morgan fingerprint density at radius 3 is 2.33 bits per heavy atom. The van der Waals surface area contributed by atoms with Gasteiger partial charge in [0.1, 0.15) is 0 Å². The van der Waals surface area contributed by atoms with Crippen molar-refractivity contribution in [2.45, 2.75) is 57.8 Å². The van der Waals surface area contributed by atoms with Crippen molar-refractivity contribution in [2.75, 3.05) is 0 Å². The highest BCUT2D eigenvalue weighted by atomic mass is 19.4. The second-order valence-electron chi connectivity index (χ2n) is 5.55. The van der Waals surface area contributed by atoms with E-state index in [1.54, 1.807) is 0 Å². The monoisotopic (exact) mass is 299 g/mol. The summed E-state index contributed by atoms with van der Waals surface area (Å²) in [4.78, 5) is 14.0. The van der Waals surface area contributed by atoms with Crippen molar-refractivity contribution in [1.29, 1.82) is 0 Å². The molecule has 0 aliphatic heterocycles. The first kappa shape index (κ1) is 15.9. The minimum atomic E-state index is -4.31. The van der Waals surface area contributed by atoms with E-state index < -0.39 is 11.7 Å². The Kier molecular flexibility index (Phi) is 4.91. The average Bonchev–Trinajstić information content (AvgIpc) is 3.26. The van der Waals surface area contributed by atoms with Crippen molar-refractivity contribution < 1.29 is 18.0 Å². The zero-order valence-electron chi connectivity index (χ0n) is 12.1. The Balaban J connectivity index is 2.02. The van der Waals surface area contributed by atoms with Gasteiger partial charge in [0.2, 0.25) is 5.91 Å². The van der Waals surface area contributed by atoms with Crippen LogP contribution in [0.1, 0.15) is 50.2 Å². The third kappa shape index (κ3) is 4.48. The van der Waals surface area contributed by atoms with E-state index in [2.05, 4.69) is 0 Å². The number of rotatable bonds is 6. The normalized spacial score (nSPS) is 15.0. The molecule has 0 saturated heterocycles. The van der Waals surface area contributed by atoms with Gasteiger partial charge in [-0.1, -0.05) is 25.5 Å². The van der Waals surface area contributed by atoms with Gasteiger partial charge in [-0.2, -0.15) is 13.2 Å². The first-order valence-corrected chi connectivity index (χ1v) is 7.37. The van der Waals surface area contributed by atoms with E-state index in [4.69, 9.17) is 0 Å². The number of alkyl halides is 3. The summed E-state index contributed by atoms with van der Waals surface area (Å²) >= 11 is 0. The van der Waals surface area contributed by atoms with Gasteiger partial charge in [0.05, 0.1) is 5.56 Å². The number of amides is 1. The molecule has 5 heteroatoms. The molecule has 1 fully saturated rings. The van der Waals surface area contributed by atoms with Crippen molar-refractivity contribution >= 4 is 5.91 Å². The van der Waals surface area contributed by atoms with Gasteiger partial charge in [-0.15, -0.1) is 0 Å². The number of halogens is 3. The molecule has 0 spiro atoms. The molecule has 0 atom stereocenters. The summed E-state index contributed by atoms with van der Waals surface area (Å²) < 4.78 is 37.6. The summed E-state index contributed by atoms with van der Waals surface area (Å²) in [5.74, 6) is 0.110. The highest BCUT2D eigenvalue weighted by Crippen LogP contribution is 2.31. The second-order valence-corrected chi connectivity index (χ2v) is 5.55. The van der Waals surface area contributed by atoms with E-state index in [1.165, 1.54) is 12.1 Å². The average molecular weight is 299 g/mol. The smallest absolute Gasteiger partial charge is 0.335 e. The van der Waals surface area contributed by atoms with Crippen LogP contribution in [0.2, 0.25) is 0 Å². The van der Waals surface area contributed by atoms with Crippen LogP contribution in [0, 0.1) is 0 Å². The van der Waals surface area contributed by atoms with Gasteiger partial charge < -0.3 is 4.90 Å². The Morgan fingerprint density at radius 1 is 1.24 bits per heavy atom. The van der Waals surface area contributed by atoms with Gasteiger partial charge in [-0.05, 0) is 37.0 Å². The molecule has 0 unspecified atom stereocenters. The number of hydrogen-bond acceptors (Lipinski definition) is 1. The molecular formula is C16H20F3NO. The van der Waals surface area contributed by atoms with Crippen molar-refractivity contribution in [2.24, 2.45) is 0 Å². The highest BCUT2D eigenvalue weighted by molar-refractivity contribution is 5.76. The number of carbonyl (C=O) groups excluding carboxylic acids is 1. The van der Waals surface area contributed by atoms with Crippen LogP contribution < -0.4 is 0 Å². The van der Waals surface area contributed by atoms with Crippen LogP contribution in [0.15, 0.2) is 24.3 Å². The first-order valence-electron chi connectivity index (χ1n) is 7.37. The molecule has 1 amide bonds. The minimum Gasteiger partial charge on any atom is -0.335 e. The van der Waals surface area contributed by atoms with Gasteiger partial charge in [-0.3, -0.25) is 4.79 Å². The minimum absolute atomic E-state index is 0.110. The lowest BCUT2D eigenvalue weighted by atomic mass is 10.1. The molecule has 0 heterocycles. The van der Waals surface area contributed by atoms with Crippen LogP contribution >= 0.6 is 0 Å². The lowest BCUT2D eigenvalue weighted by Gasteiger charge is -2.23. The molecule has 1 aromatic carbocycles. The lowest BCUT2D eigenvalue weighted by Crippen LogP contribution is -2.32. The third-order valence-electron chi connectivity index (χ3n) is 3.69. The predicted molar refractivity (Wildman–Crippen MR) is 74.5 cm³/mol. The van der Waals surface area contributed by atoms with Crippen LogP contribution in [0.3, 0.4) is 0 Å². The van der Waals surface area contributed by atoms with Crippen molar-refractivity contribution in [3.05, 3.63) is 35.4 Å². The maximum Gasteiger partial charge on any atom is 0.416 e. The summed E-state index contributed by atoms with van der Waals surface area (Å²) in [5, 5.41) is 0. The van der Waals surface area contributed by atoms with E-state index in [0.717, 1.165) is 43.4 Å². The van der Waals surface area contributed by atoms with Crippen LogP contribution in [-0.2, 0) is 17.5 Å². The topological polar surface area (TPSA) is 20.3 Å². The molecule has 0 N–H and O–H groups in total. The first-order chi connectivity index (χ1) is 9.91. The molecule has 0 radical (unpaired) electrons. The summed E-state index contributed by atoms with van der Waals surface area (Å²) in [6, 6.07) is 5.36. The molecule has 1 aromatic rings. The van der Waals surface area contributed by atoms with Crippen LogP contribution in [0.4, 0.5) is 13.2 Å². The molecule has 116 valence electrons. The fourth-order valence-electron chi connectivity index (χ4n) is 2.27. The van der Waals surface area contributed by atoms with Crippen molar-refractivity contribution in [3.63, 3.8) is 0 Å². The number of hydrogen-bond donors (Lipinski definition) is 0. The van der Waals surface area contributed by atoms with E-state index >= 15 is 0 Å². The molecule has 2 rings (SSSR count). The van der Waals surface area contributed by atoms with Crippen LogP contribution in [0.25, 0.3) is 0 Å². The fraction of sp³-hybridized carbons (Fsp3) is 0.562. The summed E-state index contributed by atoms with van der Waals surface area (Å²) in [5.41, 5.74) is 0.0984. The summed E-state index contributed by atoms with van der Waals surface area (Å²) in [6.07, 6.45) is 0.0237. The largest absolute Gasteiger partial charge is 0.416 e. The molecule has 0 aromatic heterocycles. The Bertz CT molecular complexity index is 477. The van der Waals surface area contributed by atoms with Gasteiger partial charge in [0, 0.05) is 19.0 Å². The molecule has 1 aliphatic rings. The van der Waals surface area contributed by atoms with Gasteiger partial charge >= 0.3 is 6.18 Å². The molecule has 21 heavy (non-hydrogen) atoms. The van der Waals surface area contributed by atoms with Crippen LogP contribution in [-0.4, -0.2) is 16.8 Å². The zero-order chi connectivity index (χ0) is 15.5. The van der Waals surface area contributed by atoms with Gasteiger partial charge in [-0.25, -0.2) is 0 Å². The maximum absolute atomic E-state index is 12.5. The quantitative estimate of drug-likeness (QED) is 0.763. The van der Waals surface area contributed by atoms with E-state index in [9.17, 15) is 18.0 Å². The SMILES string of the molecule is CCCCC(=O)N(Cc1ccc(C(F)(F)F)cc1)C1CC1. The molecule has 0 bridgehead atoms. The van der Waals surface area contributed by atoms with E-state index in [0.29, 0.717) is 13.0 Å². The standard InChI is InChI=1S/C16H20F3NO/c1-2-3-4-15(21)20(14-9-10-14)11-12-5-7-13(8-6-12)16(17,18)19/h5-8,14H,2-4,9-11H2,1H3. The third-order valence-corrected chi connectivity index (χ3v) is 3.69. The van der Waals surface area contributed by atoms with Crippen molar-refractivity contribution in [1.82, 2.24) is 4.90 Å². The van der Waals surface area contributed by atoms with E-state index in [-0.39, 0.29) is 11.9 Å². The van der Waals surface area contributed by atoms with Crippen LogP contribution in [0.5, 0.6) is 0 Å². The summed E-state index contributed by atoms with van der Waals surface area (Å²) in [6.45, 7) is 2.44. The van der Waals surface area contributed by atoms with Crippen molar-refractivity contribution in [3.8, 4) is 0 Å². The van der Waals surface area contributed by atoms with Gasteiger partial charge in [0.15, 0.2) is 0 Å². The van der Waals surface area contributed by atoms with E-state index in [1.807, 2.05) is 11.8 Å². The maximum atomic E-state index is 12.5. The number of benzene rings is 1. The lowest BCUT2D eigenvalue weighted by molar-refractivity contribution is -0.137. The number of nitrogens with zero attached hydrogens (tertiary/aromatic N) is 1. The zero-order valence-corrected chi connectivity index (χ0v) is 12.1. The number of unbranched alkanes of at least 4 members (excludes halogenated alkanes) is 1. The Hall–Kier alpha value is -1.52. The summed E-state index contributed by atoms with van der Waals surface area (Å²) in [7, 11) is 0. The van der Waals surface area contributed by atoms with Gasteiger partial charge in [0.25, 0.3) is 0 Å². The molecule has 2 nitrogen and oxygen atoms in total. The molecule has 1 saturated carbocycles. The fourth-order valence-corrected chi connectivity index (χ4v) is 2.27. The second kappa shape index (κ2) is 6.50. The Morgan fingerprint density at radius 2 is 1.86 bits per heavy atom. The highest BCUT2D eigenvalue weighted by Gasteiger charge is 2.33. The molecule has 1 aliphatic carbocycles.